The fourth-order valence-corrected chi connectivity index (χ4v) is 4.17. The van der Waals surface area contributed by atoms with Gasteiger partial charge in [-0.1, -0.05) is 36.6 Å². The van der Waals surface area contributed by atoms with Gasteiger partial charge in [0.05, 0.1) is 6.04 Å². The molecule has 0 spiro atoms. The zero-order valence-electron chi connectivity index (χ0n) is 14.1. The molecule has 0 radical (unpaired) electrons. The first-order chi connectivity index (χ1) is 11.5. The Morgan fingerprint density at radius 1 is 1.21 bits per heavy atom. The second-order valence-corrected chi connectivity index (χ2v) is 7.59. The summed E-state index contributed by atoms with van der Waals surface area (Å²) in [6.45, 7) is 1.52. The van der Waals surface area contributed by atoms with Crippen LogP contribution in [0.1, 0.15) is 57.1 Å². The van der Waals surface area contributed by atoms with E-state index in [4.69, 9.17) is 11.6 Å². The highest BCUT2D eigenvalue weighted by Gasteiger charge is 2.37. The van der Waals surface area contributed by atoms with Gasteiger partial charge in [0.1, 0.15) is 0 Å². The zero-order valence-corrected chi connectivity index (χ0v) is 14.8. The summed E-state index contributed by atoms with van der Waals surface area (Å²) in [6.07, 6.45) is 6.22. The Morgan fingerprint density at radius 2 is 1.92 bits per heavy atom. The van der Waals surface area contributed by atoms with Crippen molar-refractivity contribution in [1.29, 1.82) is 0 Å². The van der Waals surface area contributed by atoms with E-state index in [1.54, 1.807) is 0 Å². The molecule has 1 aromatic carbocycles. The Morgan fingerprint density at radius 3 is 2.54 bits per heavy atom. The highest BCUT2D eigenvalue weighted by atomic mass is 35.5. The van der Waals surface area contributed by atoms with Crippen LogP contribution in [0.5, 0.6) is 0 Å². The van der Waals surface area contributed by atoms with Crippen molar-refractivity contribution in [1.82, 2.24) is 10.6 Å². The van der Waals surface area contributed by atoms with Gasteiger partial charge in [0.2, 0.25) is 11.8 Å². The molecule has 0 saturated heterocycles. The molecule has 4 nitrogen and oxygen atoms in total. The zero-order chi connectivity index (χ0) is 17.1. The van der Waals surface area contributed by atoms with Crippen LogP contribution in [0, 0.1) is 11.8 Å². The van der Waals surface area contributed by atoms with E-state index < -0.39 is 0 Å². The summed E-state index contributed by atoms with van der Waals surface area (Å²) < 4.78 is 0. The van der Waals surface area contributed by atoms with Crippen LogP contribution in [0.3, 0.4) is 0 Å². The number of hydrogen-bond donors (Lipinski definition) is 2. The van der Waals surface area contributed by atoms with E-state index in [1.807, 2.05) is 18.2 Å². The van der Waals surface area contributed by atoms with Crippen molar-refractivity contribution in [3.05, 3.63) is 34.9 Å². The number of halogens is 1. The van der Waals surface area contributed by atoms with Crippen LogP contribution in [0.4, 0.5) is 0 Å². The maximum Gasteiger partial charge on any atom is 0.223 e. The Bertz CT molecular complexity index is 607. The molecule has 0 bridgehead atoms. The molecule has 2 aliphatic carbocycles. The first-order valence-electron chi connectivity index (χ1n) is 8.86. The minimum Gasteiger partial charge on any atom is -0.354 e. The molecule has 2 amide bonds. The average Bonchev–Trinajstić information content (AvgIpc) is 3.01. The van der Waals surface area contributed by atoms with E-state index in [2.05, 4.69) is 16.7 Å². The SMILES string of the molecule is CC(=O)NC1CC(C(=O)N[C@H](c2cccc(Cl)c2)C2CCCC2)C1. The number of carbonyl (C=O) groups is 2. The molecule has 3 rings (SSSR count). The van der Waals surface area contributed by atoms with Gasteiger partial charge in [0.15, 0.2) is 0 Å². The van der Waals surface area contributed by atoms with Gasteiger partial charge in [-0.05, 0) is 49.3 Å². The second kappa shape index (κ2) is 7.56. The molecule has 2 saturated carbocycles. The summed E-state index contributed by atoms with van der Waals surface area (Å²) in [4.78, 5) is 23.7. The summed E-state index contributed by atoms with van der Waals surface area (Å²) in [6, 6.07) is 8.01. The molecule has 1 atom stereocenters. The fraction of sp³-hybridized carbons (Fsp3) is 0.579. The van der Waals surface area contributed by atoms with Crippen molar-refractivity contribution in [3.8, 4) is 0 Å². The molecule has 0 heterocycles. The van der Waals surface area contributed by atoms with Crippen LogP contribution in [0.15, 0.2) is 24.3 Å². The lowest BCUT2D eigenvalue weighted by Gasteiger charge is -2.36. The smallest absolute Gasteiger partial charge is 0.223 e. The van der Waals surface area contributed by atoms with E-state index in [0.29, 0.717) is 10.9 Å². The van der Waals surface area contributed by atoms with Crippen molar-refractivity contribution in [2.24, 2.45) is 11.8 Å². The van der Waals surface area contributed by atoms with Gasteiger partial charge < -0.3 is 10.6 Å². The first kappa shape index (κ1) is 17.3. The quantitative estimate of drug-likeness (QED) is 0.854. The largest absolute Gasteiger partial charge is 0.354 e. The van der Waals surface area contributed by atoms with E-state index in [9.17, 15) is 9.59 Å². The number of amides is 2. The second-order valence-electron chi connectivity index (χ2n) is 7.15. The third kappa shape index (κ3) is 4.10. The Kier molecular flexibility index (Phi) is 5.44. The van der Waals surface area contributed by atoms with Crippen molar-refractivity contribution < 1.29 is 9.59 Å². The third-order valence-corrected chi connectivity index (χ3v) is 5.53. The number of benzene rings is 1. The van der Waals surface area contributed by atoms with Crippen molar-refractivity contribution in [2.75, 3.05) is 0 Å². The van der Waals surface area contributed by atoms with Crippen LogP contribution < -0.4 is 10.6 Å². The van der Waals surface area contributed by atoms with Gasteiger partial charge in [-0.25, -0.2) is 0 Å². The molecule has 130 valence electrons. The summed E-state index contributed by atoms with van der Waals surface area (Å²) >= 11 is 6.15. The standard InChI is InChI=1S/C19H25ClN2O2/c1-12(23)21-17-10-15(11-17)19(24)22-18(13-5-2-3-6-13)14-7-4-8-16(20)9-14/h4,7-9,13,15,17-18H,2-3,5-6,10-11H2,1H3,(H,21,23)(H,22,24)/t15?,17?,18-/m0/s1. The van der Waals surface area contributed by atoms with Crippen LogP contribution in [-0.4, -0.2) is 17.9 Å². The number of hydrogen-bond acceptors (Lipinski definition) is 2. The Hall–Kier alpha value is -1.55. The lowest BCUT2D eigenvalue weighted by Crippen LogP contribution is -2.49. The minimum atomic E-state index is -0.0263. The summed E-state index contributed by atoms with van der Waals surface area (Å²) in [5.41, 5.74) is 1.10. The predicted molar refractivity (Wildman–Crippen MR) is 94.6 cm³/mol. The van der Waals surface area contributed by atoms with Crippen molar-refractivity contribution >= 4 is 23.4 Å². The molecule has 2 aliphatic rings. The maximum atomic E-state index is 12.6. The highest BCUT2D eigenvalue weighted by Crippen LogP contribution is 2.37. The summed E-state index contributed by atoms with van der Waals surface area (Å²) in [5, 5.41) is 6.85. The van der Waals surface area contributed by atoms with Crippen molar-refractivity contribution in [3.63, 3.8) is 0 Å². The Balaban J connectivity index is 1.64. The summed E-state index contributed by atoms with van der Waals surface area (Å²) in [5.74, 6) is 0.568. The molecule has 0 unspecified atom stereocenters. The average molecular weight is 349 g/mol. The van der Waals surface area contributed by atoms with Crippen LogP contribution >= 0.6 is 11.6 Å². The Labute approximate surface area is 148 Å². The monoisotopic (exact) mass is 348 g/mol. The molecule has 2 fully saturated rings. The number of carbonyl (C=O) groups excluding carboxylic acids is 2. The van der Waals surface area contributed by atoms with Gasteiger partial charge >= 0.3 is 0 Å². The van der Waals surface area contributed by atoms with Crippen LogP contribution in [0.25, 0.3) is 0 Å². The molecule has 24 heavy (non-hydrogen) atoms. The minimum absolute atomic E-state index is 0.00457. The lowest BCUT2D eigenvalue weighted by atomic mass is 9.79. The van der Waals surface area contributed by atoms with Gasteiger partial charge in [-0.2, -0.15) is 0 Å². The first-order valence-corrected chi connectivity index (χ1v) is 9.23. The topological polar surface area (TPSA) is 58.2 Å². The number of nitrogens with one attached hydrogen (secondary N) is 2. The third-order valence-electron chi connectivity index (χ3n) is 5.29. The molecule has 2 N–H and O–H groups in total. The van der Waals surface area contributed by atoms with Gasteiger partial charge in [0.25, 0.3) is 0 Å². The van der Waals surface area contributed by atoms with E-state index in [-0.39, 0.29) is 29.8 Å². The van der Waals surface area contributed by atoms with Crippen LogP contribution in [0.2, 0.25) is 5.02 Å². The molecule has 0 aromatic heterocycles. The van der Waals surface area contributed by atoms with Crippen molar-refractivity contribution in [2.45, 2.75) is 57.5 Å². The van der Waals surface area contributed by atoms with Crippen LogP contribution in [-0.2, 0) is 9.59 Å². The van der Waals surface area contributed by atoms with Gasteiger partial charge in [-0.3, -0.25) is 9.59 Å². The molecular formula is C19H25ClN2O2. The normalized spacial score (nSPS) is 24.9. The van der Waals surface area contributed by atoms with Gasteiger partial charge in [0, 0.05) is 23.9 Å². The van der Waals surface area contributed by atoms with E-state index >= 15 is 0 Å². The highest BCUT2D eigenvalue weighted by molar-refractivity contribution is 6.30. The lowest BCUT2D eigenvalue weighted by molar-refractivity contribution is -0.131. The molecule has 5 heteroatoms. The molecule has 0 aliphatic heterocycles. The molecular weight excluding hydrogens is 324 g/mol. The van der Waals surface area contributed by atoms with E-state index in [0.717, 1.165) is 31.2 Å². The van der Waals surface area contributed by atoms with Gasteiger partial charge in [-0.15, -0.1) is 0 Å². The molecule has 1 aromatic rings. The summed E-state index contributed by atoms with van der Waals surface area (Å²) in [7, 11) is 0. The number of rotatable bonds is 5. The van der Waals surface area contributed by atoms with E-state index in [1.165, 1.54) is 19.8 Å². The maximum absolute atomic E-state index is 12.6. The fourth-order valence-electron chi connectivity index (χ4n) is 3.97. The predicted octanol–water partition coefficient (Wildman–Crippen LogP) is 3.60.